The van der Waals surface area contributed by atoms with Crippen LogP contribution < -0.4 is 5.32 Å². The van der Waals surface area contributed by atoms with E-state index in [4.69, 9.17) is 4.74 Å². The molecule has 0 aromatic heterocycles. The van der Waals surface area contributed by atoms with Crippen molar-refractivity contribution < 1.29 is 24.5 Å². The number of benzene rings is 1. The van der Waals surface area contributed by atoms with Crippen molar-refractivity contribution in [3.63, 3.8) is 0 Å². The van der Waals surface area contributed by atoms with Gasteiger partial charge in [-0.2, -0.15) is 0 Å². The van der Waals surface area contributed by atoms with Crippen LogP contribution in [0, 0.1) is 0 Å². The largest absolute Gasteiger partial charge is 0.507 e. The van der Waals surface area contributed by atoms with Gasteiger partial charge in [0.05, 0.1) is 0 Å². The van der Waals surface area contributed by atoms with Gasteiger partial charge in [0.2, 0.25) is 0 Å². The number of carbonyl (C=O) groups is 2. The van der Waals surface area contributed by atoms with Crippen molar-refractivity contribution in [1.29, 1.82) is 0 Å². The first-order chi connectivity index (χ1) is 9.11. The Bertz CT molecular complexity index is 499. The summed E-state index contributed by atoms with van der Waals surface area (Å²) >= 11 is 0. The minimum atomic E-state index is -0.902. The topological polar surface area (TPSA) is 95.9 Å². The van der Waals surface area contributed by atoms with Crippen LogP contribution in [0.25, 0.3) is 0 Å². The van der Waals surface area contributed by atoms with Gasteiger partial charge in [-0.3, -0.25) is 4.79 Å². The second kappa shape index (κ2) is 5.81. The first-order valence-electron chi connectivity index (χ1n) is 6.16. The highest BCUT2D eigenvalue weighted by Gasteiger charge is 2.25. The Balaban J connectivity index is 2.78. The molecule has 20 heavy (non-hydrogen) atoms. The number of hydrogen-bond acceptors (Lipinski definition) is 5. The number of ether oxygens (including phenoxy) is 1. The molecule has 1 amide bonds. The average Bonchev–Trinajstić information content (AvgIpc) is 2.26. The highest BCUT2D eigenvalue weighted by atomic mass is 16.6. The Morgan fingerprint density at radius 2 is 1.70 bits per heavy atom. The Labute approximate surface area is 117 Å². The standard InChI is InChI=1S/C14H19NO5/c1-8(13(19)20-14(2,3)4)15-12(18)11-9(16)6-5-7-10(11)17/h5-8,16-17H,1-4H3,(H,15,18)/t8-/m0/s1. The summed E-state index contributed by atoms with van der Waals surface area (Å²) in [4.78, 5) is 23.7. The van der Waals surface area contributed by atoms with Gasteiger partial charge in [-0.15, -0.1) is 0 Å². The highest BCUT2D eigenvalue weighted by molar-refractivity contribution is 6.01. The molecule has 0 unspecified atom stereocenters. The Kier molecular flexibility index (Phi) is 4.60. The minimum absolute atomic E-state index is 0.275. The quantitative estimate of drug-likeness (QED) is 0.731. The first kappa shape index (κ1) is 15.8. The summed E-state index contributed by atoms with van der Waals surface area (Å²) in [6.45, 7) is 6.61. The monoisotopic (exact) mass is 281 g/mol. The molecule has 0 spiro atoms. The number of rotatable bonds is 3. The summed E-state index contributed by atoms with van der Waals surface area (Å²) in [5.74, 6) is -2.07. The zero-order chi connectivity index (χ0) is 15.5. The second-order valence-electron chi connectivity index (χ2n) is 5.40. The van der Waals surface area contributed by atoms with Crippen molar-refractivity contribution in [3.05, 3.63) is 23.8 Å². The van der Waals surface area contributed by atoms with E-state index >= 15 is 0 Å². The molecule has 0 fully saturated rings. The fraction of sp³-hybridized carbons (Fsp3) is 0.429. The number of nitrogens with one attached hydrogen (secondary N) is 1. The molecule has 1 rings (SSSR count). The van der Waals surface area contributed by atoms with E-state index in [1.165, 1.54) is 25.1 Å². The van der Waals surface area contributed by atoms with E-state index in [0.717, 1.165) is 0 Å². The molecule has 1 aromatic rings. The molecule has 0 saturated heterocycles. The average molecular weight is 281 g/mol. The number of hydrogen-bond donors (Lipinski definition) is 3. The van der Waals surface area contributed by atoms with Gasteiger partial charge in [-0.25, -0.2) is 4.79 Å². The molecule has 1 atom stereocenters. The molecule has 0 aliphatic rings. The predicted octanol–water partition coefficient (Wildman–Crippen LogP) is 1.56. The van der Waals surface area contributed by atoms with Crippen LogP contribution in [0.15, 0.2) is 18.2 Å². The number of esters is 1. The van der Waals surface area contributed by atoms with Gasteiger partial charge in [0.25, 0.3) is 5.91 Å². The van der Waals surface area contributed by atoms with Crippen molar-refractivity contribution in [2.45, 2.75) is 39.3 Å². The third kappa shape index (κ3) is 4.15. The summed E-state index contributed by atoms with van der Waals surface area (Å²) in [5, 5.41) is 21.5. The maximum atomic E-state index is 11.9. The van der Waals surface area contributed by atoms with Gasteiger partial charge >= 0.3 is 5.97 Å². The van der Waals surface area contributed by atoms with E-state index in [1.54, 1.807) is 20.8 Å². The summed E-state index contributed by atoms with van der Waals surface area (Å²) < 4.78 is 5.12. The van der Waals surface area contributed by atoms with Gasteiger partial charge in [0.15, 0.2) is 0 Å². The smallest absolute Gasteiger partial charge is 0.328 e. The molecular weight excluding hydrogens is 262 g/mol. The first-order valence-corrected chi connectivity index (χ1v) is 6.16. The third-order valence-electron chi connectivity index (χ3n) is 2.36. The van der Waals surface area contributed by atoms with E-state index < -0.39 is 23.5 Å². The van der Waals surface area contributed by atoms with Crippen LogP contribution in [0.5, 0.6) is 11.5 Å². The molecule has 6 nitrogen and oxygen atoms in total. The number of phenolic OH excluding ortho intramolecular Hbond substituents is 2. The van der Waals surface area contributed by atoms with Crippen LogP contribution >= 0.6 is 0 Å². The van der Waals surface area contributed by atoms with Gasteiger partial charge in [-0.1, -0.05) is 6.07 Å². The molecule has 0 radical (unpaired) electrons. The summed E-state index contributed by atoms with van der Waals surface area (Å²) in [6, 6.07) is 3.04. The van der Waals surface area contributed by atoms with Crippen LogP contribution in [0.3, 0.4) is 0 Å². The summed E-state index contributed by atoms with van der Waals surface area (Å²) in [7, 11) is 0. The van der Waals surface area contributed by atoms with E-state index in [2.05, 4.69) is 5.32 Å². The number of aromatic hydroxyl groups is 2. The van der Waals surface area contributed by atoms with Crippen LogP contribution in [-0.2, 0) is 9.53 Å². The lowest BCUT2D eigenvalue weighted by Crippen LogP contribution is -2.42. The lowest BCUT2D eigenvalue weighted by molar-refractivity contribution is -0.156. The second-order valence-corrected chi connectivity index (χ2v) is 5.40. The molecule has 0 bridgehead atoms. The molecule has 3 N–H and O–H groups in total. The van der Waals surface area contributed by atoms with Gasteiger partial charge in [0.1, 0.15) is 28.7 Å². The molecular formula is C14H19NO5. The summed E-state index contributed by atoms with van der Waals surface area (Å²) in [5.41, 5.74) is -0.935. The highest BCUT2D eigenvalue weighted by Crippen LogP contribution is 2.26. The number of phenols is 2. The van der Waals surface area contributed by atoms with Crippen molar-refractivity contribution in [1.82, 2.24) is 5.32 Å². The fourth-order valence-electron chi connectivity index (χ4n) is 1.48. The van der Waals surface area contributed by atoms with Crippen LogP contribution in [0.4, 0.5) is 0 Å². The maximum absolute atomic E-state index is 11.9. The maximum Gasteiger partial charge on any atom is 0.328 e. The van der Waals surface area contributed by atoms with E-state index in [9.17, 15) is 19.8 Å². The van der Waals surface area contributed by atoms with Crippen LogP contribution in [0.1, 0.15) is 38.1 Å². The van der Waals surface area contributed by atoms with Gasteiger partial charge < -0.3 is 20.3 Å². The van der Waals surface area contributed by atoms with Crippen molar-refractivity contribution in [2.24, 2.45) is 0 Å². The molecule has 0 heterocycles. The fourth-order valence-corrected chi connectivity index (χ4v) is 1.48. The van der Waals surface area contributed by atoms with Gasteiger partial charge in [-0.05, 0) is 39.8 Å². The third-order valence-corrected chi connectivity index (χ3v) is 2.36. The number of amides is 1. The van der Waals surface area contributed by atoms with Crippen molar-refractivity contribution >= 4 is 11.9 Å². The Hall–Kier alpha value is -2.24. The molecule has 0 aliphatic carbocycles. The zero-order valence-electron chi connectivity index (χ0n) is 11.9. The lowest BCUT2D eigenvalue weighted by Gasteiger charge is -2.22. The Morgan fingerprint density at radius 3 is 2.15 bits per heavy atom. The van der Waals surface area contributed by atoms with E-state index in [-0.39, 0.29) is 17.1 Å². The molecule has 0 aliphatic heterocycles. The zero-order valence-corrected chi connectivity index (χ0v) is 11.9. The SMILES string of the molecule is C[C@H](NC(=O)c1c(O)cccc1O)C(=O)OC(C)(C)C. The van der Waals surface area contributed by atoms with Crippen LogP contribution in [-0.4, -0.2) is 33.7 Å². The summed E-state index contributed by atoms with van der Waals surface area (Å²) in [6.07, 6.45) is 0. The molecule has 6 heteroatoms. The van der Waals surface area contributed by atoms with Crippen LogP contribution in [0.2, 0.25) is 0 Å². The Morgan fingerprint density at radius 1 is 1.20 bits per heavy atom. The van der Waals surface area contributed by atoms with E-state index in [1.807, 2.05) is 0 Å². The molecule has 110 valence electrons. The van der Waals surface area contributed by atoms with Crippen molar-refractivity contribution in [2.75, 3.05) is 0 Å². The molecule has 1 aromatic carbocycles. The normalized spacial score (nSPS) is 12.6. The lowest BCUT2D eigenvalue weighted by atomic mass is 10.1. The minimum Gasteiger partial charge on any atom is -0.507 e. The number of carbonyl (C=O) groups excluding carboxylic acids is 2. The molecule has 0 saturated carbocycles. The predicted molar refractivity (Wildman–Crippen MR) is 72.5 cm³/mol. The van der Waals surface area contributed by atoms with E-state index in [0.29, 0.717) is 0 Å². The van der Waals surface area contributed by atoms with Gasteiger partial charge in [0, 0.05) is 0 Å². The van der Waals surface area contributed by atoms with Crippen molar-refractivity contribution in [3.8, 4) is 11.5 Å².